The Hall–Kier alpha value is -0.0800. The minimum Gasteiger partial charge on any atom is -0.381 e. The van der Waals surface area contributed by atoms with Gasteiger partial charge in [0.15, 0.2) is 0 Å². The van der Waals surface area contributed by atoms with Crippen molar-refractivity contribution in [3.05, 3.63) is 0 Å². The van der Waals surface area contributed by atoms with Crippen LogP contribution in [-0.4, -0.2) is 19.8 Å². The molecule has 0 spiro atoms. The fourth-order valence-electron chi connectivity index (χ4n) is 3.53. The van der Waals surface area contributed by atoms with Crippen molar-refractivity contribution in [3.63, 3.8) is 0 Å². The van der Waals surface area contributed by atoms with Gasteiger partial charge in [-0.2, -0.15) is 0 Å². The summed E-state index contributed by atoms with van der Waals surface area (Å²) in [4.78, 5) is 0. The Morgan fingerprint density at radius 1 is 0.600 bits per heavy atom. The first-order chi connectivity index (χ1) is 12.3. The van der Waals surface area contributed by atoms with E-state index in [2.05, 4.69) is 13.8 Å². The van der Waals surface area contributed by atoms with Crippen LogP contribution >= 0.6 is 0 Å². The third-order valence-electron chi connectivity index (χ3n) is 5.28. The number of nitrogens with two attached hydrogens (primary N) is 1. The Kier molecular flexibility index (Phi) is 21.9. The monoisotopic (exact) mass is 355 g/mol. The fraction of sp³-hybridized carbons (Fsp3) is 1.00. The second-order valence-electron chi connectivity index (χ2n) is 7.90. The number of ether oxygens (including phenoxy) is 1. The summed E-state index contributed by atoms with van der Waals surface area (Å²) in [6.07, 6.45) is 23.5. The van der Waals surface area contributed by atoms with E-state index in [0.717, 1.165) is 32.1 Å². The minimum absolute atomic E-state index is 0.750. The van der Waals surface area contributed by atoms with E-state index < -0.39 is 0 Å². The normalized spacial score (nSPS) is 12.6. The Bertz CT molecular complexity index is 232. The SMILES string of the molecule is CCCCCCCCCCC(CCCCCCCC)COCCCN. The molecule has 25 heavy (non-hydrogen) atoms. The van der Waals surface area contributed by atoms with Crippen molar-refractivity contribution >= 4 is 0 Å². The third-order valence-corrected chi connectivity index (χ3v) is 5.28. The van der Waals surface area contributed by atoms with Gasteiger partial charge in [0.05, 0.1) is 0 Å². The maximum atomic E-state index is 5.87. The Balaban J connectivity index is 3.69. The predicted octanol–water partition coefficient (Wildman–Crippen LogP) is 7.25. The van der Waals surface area contributed by atoms with E-state index in [0.29, 0.717) is 0 Å². The summed E-state index contributed by atoms with van der Waals surface area (Å²) >= 11 is 0. The average molecular weight is 356 g/mol. The summed E-state index contributed by atoms with van der Waals surface area (Å²) in [6, 6.07) is 0. The van der Waals surface area contributed by atoms with Gasteiger partial charge in [-0.3, -0.25) is 0 Å². The van der Waals surface area contributed by atoms with E-state index in [1.165, 1.54) is 103 Å². The third kappa shape index (κ3) is 20.1. The summed E-state index contributed by atoms with van der Waals surface area (Å²) < 4.78 is 5.87. The van der Waals surface area contributed by atoms with Crippen molar-refractivity contribution in [2.45, 2.75) is 123 Å². The highest BCUT2D eigenvalue weighted by Crippen LogP contribution is 2.20. The Morgan fingerprint density at radius 3 is 1.48 bits per heavy atom. The molecule has 1 unspecified atom stereocenters. The zero-order valence-corrected chi connectivity index (χ0v) is 17.7. The highest BCUT2D eigenvalue weighted by Gasteiger charge is 2.09. The molecule has 2 N–H and O–H groups in total. The molecule has 152 valence electrons. The maximum Gasteiger partial charge on any atom is 0.0494 e. The van der Waals surface area contributed by atoms with E-state index in [-0.39, 0.29) is 0 Å². The van der Waals surface area contributed by atoms with Crippen LogP contribution in [0.25, 0.3) is 0 Å². The summed E-state index contributed by atoms with van der Waals surface area (Å²) in [7, 11) is 0. The number of hydrogen-bond donors (Lipinski definition) is 1. The first-order valence-electron chi connectivity index (χ1n) is 11.6. The molecule has 0 amide bonds. The van der Waals surface area contributed by atoms with Crippen LogP contribution in [0.3, 0.4) is 0 Å². The summed E-state index contributed by atoms with van der Waals surface area (Å²) in [6.45, 7) is 7.14. The van der Waals surface area contributed by atoms with Gasteiger partial charge in [0.25, 0.3) is 0 Å². The first kappa shape index (κ1) is 24.9. The number of hydrogen-bond acceptors (Lipinski definition) is 2. The van der Waals surface area contributed by atoms with Crippen molar-refractivity contribution in [1.29, 1.82) is 0 Å². The standard InChI is InChI=1S/C23H49NO/c1-3-5-7-9-11-12-14-16-19-23(22-25-21-17-20-24)18-15-13-10-8-6-4-2/h23H,3-22,24H2,1-2H3. The molecule has 2 nitrogen and oxygen atoms in total. The van der Waals surface area contributed by atoms with Gasteiger partial charge in [-0.05, 0) is 31.7 Å². The summed E-state index contributed by atoms with van der Waals surface area (Å²) in [5, 5.41) is 0. The van der Waals surface area contributed by atoms with Gasteiger partial charge in [0, 0.05) is 13.2 Å². The molecule has 0 fully saturated rings. The van der Waals surface area contributed by atoms with E-state index in [1.54, 1.807) is 0 Å². The van der Waals surface area contributed by atoms with Crippen LogP contribution in [0, 0.1) is 5.92 Å². The van der Waals surface area contributed by atoms with Crippen LogP contribution in [0.15, 0.2) is 0 Å². The molecular weight excluding hydrogens is 306 g/mol. The molecule has 0 aromatic rings. The molecule has 0 aliphatic rings. The molecule has 0 saturated carbocycles. The average Bonchev–Trinajstić information content (AvgIpc) is 2.63. The Morgan fingerprint density at radius 2 is 1.04 bits per heavy atom. The summed E-state index contributed by atoms with van der Waals surface area (Å²) in [5.41, 5.74) is 5.56. The van der Waals surface area contributed by atoms with E-state index >= 15 is 0 Å². The van der Waals surface area contributed by atoms with Crippen LogP contribution < -0.4 is 5.73 Å². The van der Waals surface area contributed by atoms with Crippen molar-refractivity contribution in [2.24, 2.45) is 11.7 Å². The molecule has 0 heterocycles. The van der Waals surface area contributed by atoms with Crippen LogP contribution in [0.2, 0.25) is 0 Å². The van der Waals surface area contributed by atoms with E-state index in [1.807, 2.05) is 0 Å². The fourth-order valence-corrected chi connectivity index (χ4v) is 3.53. The van der Waals surface area contributed by atoms with Gasteiger partial charge in [-0.15, -0.1) is 0 Å². The van der Waals surface area contributed by atoms with Gasteiger partial charge in [-0.25, -0.2) is 0 Å². The summed E-state index contributed by atoms with van der Waals surface area (Å²) in [5.74, 6) is 0.782. The van der Waals surface area contributed by atoms with Crippen LogP contribution in [0.1, 0.15) is 123 Å². The van der Waals surface area contributed by atoms with Gasteiger partial charge in [-0.1, -0.05) is 104 Å². The van der Waals surface area contributed by atoms with Crippen molar-refractivity contribution in [2.75, 3.05) is 19.8 Å². The molecule has 0 radical (unpaired) electrons. The zero-order valence-electron chi connectivity index (χ0n) is 17.7. The highest BCUT2D eigenvalue weighted by molar-refractivity contribution is 4.61. The molecule has 0 aromatic heterocycles. The molecule has 0 saturated heterocycles. The van der Waals surface area contributed by atoms with Crippen molar-refractivity contribution < 1.29 is 4.74 Å². The maximum absolute atomic E-state index is 5.87. The second kappa shape index (κ2) is 22.0. The largest absolute Gasteiger partial charge is 0.381 e. The van der Waals surface area contributed by atoms with Gasteiger partial charge < -0.3 is 10.5 Å². The number of rotatable bonds is 21. The lowest BCUT2D eigenvalue weighted by atomic mass is 9.94. The quantitative estimate of drug-likeness (QED) is 0.220. The topological polar surface area (TPSA) is 35.2 Å². The lowest BCUT2D eigenvalue weighted by Crippen LogP contribution is -2.12. The lowest BCUT2D eigenvalue weighted by Gasteiger charge is -2.17. The van der Waals surface area contributed by atoms with Crippen molar-refractivity contribution in [3.8, 4) is 0 Å². The molecule has 1 atom stereocenters. The molecule has 0 bridgehead atoms. The molecule has 0 aliphatic heterocycles. The van der Waals surface area contributed by atoms with Gasteiger partial charge in [0.1, 0.15) is 0 Å². The second-order valence-corrected chi connectivity index (χ2v) is 7.90. The van der Waals surface area contributed by atoms with Gasteiger partial charge >= 0.3 is 0 Å². The molecular formula is C23H49NO. The molecule has 0 aromatic carbocycles. The first-order valence-corrected chi connectivity index (χ1v) is 11.6. The van der Waals surface area contributed by atoms with E-state index in [9.17, 15) is 0 Å². The molecule has 2 heteroatoms. The minimum atomic E-state index is 0.750. The van der Waals surface area contributed by atoms with Crippen molar-refractivity contribution in [1.82, 2.24) is 0 Å². The van der Waals surface area contributed by atoms with Gasteiger partial charge in [0.2, 0.25) is 0 Å². The molecule has 0 aliphatic carbocycles. The van der Waals surface area contributed by atoms with Crippen LogP contribution in [0.5, 0.6) is 0 Å². The smallest absolute Gasteiger partial charge is 0.0494 e. The highest BCUT2D eigenvalue weighted by atomic mass is 16.5. The van der Waals surface area contributed by atoms with E-state index in [4.69, 9.17) is 10.5 Å². The zero-order chi connectivity index (χ0) is 18.4. The molecule has 0 rings (SSSR count). The van der Waals surface area contributed by atoms with Crippen LogP contribution in [-0.2, 0) is 4.74 Å². The lowest BCUT2D eigenvalue weighted by molar-refractivity contribution is 0.0902. The Labute approximate surface area is 159 Å². The number of unbranched alkanes of at least 4 members (excludes halogenated alkanes) is 12. The predicted molar refractivity (Wildman–Crippen MR) is 113 cm³/mol. The van der Waals surface area contributed by atoms with Crippen LogP contribution in [0.4, 0.5) is 0 Å².